The van der Waals surface area contributed by atoms with Gasteiger partial charge in [0.2, 0.25) is 0 Å². The largest absolute Gasteiger partial charge is 0.486 e. The smallest absolute Gasteiger partial charge is 0.401 e. The number of likely N-dealkylation sites (tertiary alicyclic amines) is 1. The van der Waals surface area contributed by atoms with E-state index in [9.17, 15) is 13.2 Å². The van der Waals surface area contributed by atoms with Gasteiger partial charge < -0.3 is 20.1 Å². The quantitative estimate of drug-likeness (QED) is 0.532. The van der Waals surface area contributed by atoms with E-state index in [1.54, 1.807) is 0 Å². The molecule has 0 aliphatic carbocycles. The third-order valence-corrected chi connectivity index (χ3v) is 4.97. The van der Waals surface area contributed by atoms with E-state index in [-0.39, 0.29) is 6.04 Å². The molecule has 0 spiro atoms. The molecule has 2 heterocycles. The van der Waals surface area contributed by atoms with Gasteiger partial charge in [0, 0.05) is 32.2 Å². The second kappa shape index (κ2) is 9.75. The Morgan fingerprint density at radius 3 is 2.86 bits per heavy atom. The Kier molecular flexibility index (Phi) is 7.34. The number of guanidine groups is 1. The number of nitrogens with zero attached hydrogens (tertiary/aromatic N) is 2. The zero-order chi connectivity index (χ0) is 20.9. The first-order valence-corrected chi connectivity index (χ1v) is 10.1. The topological polar surface area (TPSA) is 58.1 Å². The van der Waals surface area contributed by atoms with Crippen LogP contribution in [0.15, 0.2) is 17.1 Å². The molecule has 1 atom stereocenters. The fraction of sp³-hybridized carbons (Fsp3) is 0.632. The molecule has 0 radical (unpaired) electrons. The standard InChI is InChI=1S/C19H26ClF3N4O2/c1-2-24-18(26-14-4-6-27(11-14)12-19(21,22)23)25-5-3-13-9-15(20)17-16(10-13)28-7-8-29-17/h9-10,14H,2-8,11-12H2,1H3,(H2,24,25,26). The summed E-state index contributed by atoms with van der Waals surface area (Å²) in [5.41, 5.74) is 0.982. The van der Waals surface area contributed by atoms with Crippen LogP contribution in [-0.2, 0) is 6.42 Å². The van der Waals surface area contributed by atoms with Gasteiger partial charge in [-0.2, -0.15) is 13.2 Å². The van der Waals surface area contributed by atoms with Crippen LogP contribution >= 0.6 is 11.6 Å². The lowest BCUT2D eigenvalue weighted by molar-refractivity contribution is -0.143. The van der Waals surface area contributed by atoms with E-state index in [4.69, 9.17) is 21.1 Å². The second-order valence-electron chi connectivity index (χ2n) is 7.09. The fourth-order valence-corrected chi connectivity index (χ4v) is 3.75. The van der Waals surface area contributed by atoms with Crippen LogP contribution in [0.25, 0.3) is 0 Å². The molecule has 2 N–H and O–H groups in total. The molecule has 1 aromatic rings. The zero-order valence-corrected chi connectivity index (χ0v) is 17.1. The molecule has 0 saturated carbocycles. The summed E-state index contributed by atoms with van der Waals surface area (Å²) in [5.74, 6) is 1.82. The molecule has 1 fully saturated rings. The van der Waals surface area contributed by atoms with Crippen LogP contribution < -0.4 is 20.1 Å². The van der Waals surface area contributed by atoms with Crippen LogP contribution in [0.4, 0.5) is 13.2 Å². The van der Waals surface area contributed by atoms with Gasteiger partial charge in [0.1, 0.15) is 13.2 Å². The van der Waals surface area contributed by atoms with E-state index in [2.05, 4.69) is 15.6 Å². The number of benzene rings is 1. The number of hydrogen-bond acceptors (Lipinski definition) is 4. The first-order chi connectivity index (χ1) is 13.8. The number of hydrogen-bond donors (Lipinski definition) is 2. The van der Waals surface area contributed by atoms with Gasteiger partial charge in [-0.25, -0.2) is 0 Å². The predicted molar refractivity (Wildman–Crippen MR) is 106 cm³/mol. The first-order valence-electron chi connectivity index (χ1n) is 9.76. The third-order valence-electron chi connectivity index (χ3n) is 4.69. The Morgan fingerprint density at radius 2 is 2.10 bits per heavy atom. The molecule has 10 heteroatoms. The Morgan fingerprint density at radius 1 is 1.31 bits per heavy atom. The van der Waals surface area contributed by atoms with Crippen molar-refractivity contribution in [2.24, 2.45) is 4.99 Å². The molecule has 6 nitrogen and oxygen atoms in total. The molecule has 1 aromatic carbocycles. The van der Waals surface area contributed by atoms with Gasteiger partial charge in [0.25, 0.3) is 0 Å². The van der Waals surface area contributed by atoms with Gasteiger partial charge in [-0.3, -0.25) is 9.89 Å². The Hall–Kier alpha value is -1.87. The molecule has 0 aromatic heterocycles. The Labute approximate surface area is 173 Å². The van der Waals surface area contributed by atoms with Gasteiger partial charge >= 0.3 is 6.18 Å². The van der Waals surface area contributed by atoms with E-state index in [0.29, 0.717) is 74.7 Å². The Balaban J connectivity index is 1.54. The summed E-state index contributed by atoms with van der Waals surface area (Å²) < 4.78 is 48.8. The number of ether oxygens (including phenoxy) is 2. The molecule has 1 saturated heterocycles. The first kappa shape index (κ1) is 21.8. The highest BCUT2D eigenvalue weighted by molar-refractivity contribution is 6.32. The average Bonchev–Trinajstić information content (AvgIpc) is 3.07. The van der Waals surface area contributed by atoms with Crippen LogP contribution in [0, 0.1) is 0 Å². The molecule has 29 heavy (non-hydrogen) atoms. The number of rotatable bonds is 6. The van der Waals surface area contributed by atoms with Crippen molar-refractivity contribution in [1.29, 1.82) is 0 Å². The molecule has 0 bridgehead atoms. The van der Waals surface area contributed by atoms with Gasteiger partial charge in [-0.15, -0.1) is 0 Å². The molecular formula is C19H26ClF3N4O2. The van der Waals surface area contributed by atoms with E-state index < -0.39 is 12.7 Å². The molecule has 2 aliphatic rings. The van der Waals surface area contributed by atoms with Crippen LogP contribution in [0.3, 0.4) is 0 Å². The monoisotopic (exact) mass is 434 g/mol. The van der Waals surface area contributed by atoms with E-state index in [0.717, 1.165) is 5.56 Å². The maximum Gasteiger partial charge on any atom is 0.401 e. The van der Waals surface area contributed by atoms with Crippen molar-refractivity contribution < 1.29 is 22.6 Å². The SMILES string of the molecule is CCNC(=NCCc1cc(Cl)c2c(c1)OCCO2)NC1CCN(CC(F)(F)F)C1. The van der Waals surface area contributed by atoms with Crippen molar-refractivity contribution in [2.45, 2.75) is 32.0 Å². The molecule has 0 amide bonds. The number of fused-ring (bicyclic) bond motifs is 1. The van der Waals surface area contributed by atoms with Crippen LogP contribution in [-0.4, -0.2) is 69.0 Å². The lowest BCUT2D eigenvalue weighted by Crippen LogP contribution is -2.45. The number of alkyl halides is 3. The van der Waals surface area contributed by atoms with Crippen molar-refractivity contribution in [3.05, 3.63) is 22.7 Å². The van der Waals surface area contributed by atoms with Crippen molar-refractivity contribution in [2.75, 3.05) is 45.9 Å². The number of halogens is 4. The highest BCUT2D eigenvalue weighted by Gasteiger charge is 2.34. The van der Waals surface area contributed by atoms with Crippen molar-refractivity contribution in [1.82, 2.24) is 15.5 Å². The summed E-state index contributed by atoms with van der Waals surface area (Å²) in [7, 11) is 0. The van der Waals surface area contributed by atoms with Crippen LogP contribution in [0.5, 0.6) is 11.5 Å². The highest BCUT2D eigenvalue weighted by atomic mass is 35.5. The lowest BCUT2D eigenvalue weighted by atomic mass is 10.1. The molecule has 162 valence electrons. The van der Waals surface area contributed by atoms with Crippen LogP contribution in [0.1, 0.15) is 18.9 Å². The molecular weight excluding hydrogens is 409 g/mol. The summed E-state index contributed by atoms with van der Waals surface area (Å²) in [6.07, 6.45) is -2.87. The van der Waals surface area contributed by atoms with Gasteiger partial charge in [-0.1, -0.05) is 11.6 Å². The fourth-order valence-electron chi connectivity index (χ4n) is 3.47. The number of nitrogens with one attached hydrogen (secondary N) is 2. The maximum atomic E-state index is 12.6. The molecule has 2 aliphatic heterocycles. The third kappa shape index (κ3) is 6.57. The summed E-state index contributed by atoms with van der Waals surface area (Å²) in [6, 6.07) is 3.69. The Bertz CT molecular complexity index is 730. The maximum absolute atomic E-state index is 12.6. The summed E-state index contributed by atoms with van der Waals surface area (Å²) >= 11 is 6.26. The summed E-state index contributed by atoms with van der Waals surface area (Å²) in [5, 5.41) is 6.90. The minimum absolute atomic E-state index is 0.0566. The van der Waals surface area contributed by atoms with Crippen molar-refractivity contribution in [3.8, 4) is 11.5 Å². The summed E-state index contributed by atoms with van der Waals surface area (Å²) in [4.78, 5) is 5.97. The minimum atomic E-state index is -4.17. The lowest BCUT2D eigenvalue weighted by Gasteiger charge is -2.20. The van der Waals surface area contributed by atoms with Gasteiger partial charge in [-0.05, 0) is 37.5 Å². The minimum Gasteiger partial charge on any atom is -0.486 e. The predicted octanol–water partition coefficient (Wildman–Crippen LogP) is 2.85. The van der Waals surface area contributed by atoms with E-state index in [1.165, 1.54) is 4.90 Å². The second-order valence-corrected chi connectivity index (χ2v) is 7.50. The van der Waals surface area contributed by atoms with E-state index >= 15 is 0 Å². The normalized spacial score (nSPS) is 20.0. The van der Waals surface area contributed by atoms with Crippen molar-refractivity contribution in [3.63, 3.8) is 0 Å². The molecule has 1 unspecified atom stereocenters. The van der Waals surface area contributed by atoms with Crippen LogP contribution in [0.2, 0.25) is 5.02 Å². The average molecular weight is 435 g/mol. The van der Waals surface area contributed by atoms with E-state index in [1.807, 2.05) is 19.1 Å². The van der Waals surface area contributed by atoms with Crippen molar-refractivity contribution >= 4 is 17.6 Å². The molecule has 3 rings (SSSR count). The zero-order valence-electron chi connectivity index (χ0n) is 16.3. The van der Waals surface area contributed by atoms with Gasteiger partial charge in [0.15, 0.2) is 17.5 Å². The highest BCUT2D eigenvalue weighted by Crippen LogP contribution is 2.38. The van der Waals surface area contributed by atoms with Gasteiger partial charge in [0.05, 0.1) is 11.6 Å². The summed E-state index contributed by atoms with van der Waals surface area (Å²) in [6.45, 7) is 3.99. The number of aliphatic imine (C=N–C) groups is 1.